The molecular formula is C12H25NO2S. The Kier molecular flexibility index (Phi) is 12.3. The van der Waals surface area contributed by atoms with E-state index in [0.29, 0.717) is 12.3 Å². The molecule has 4 heteroatoms. The third-order valence-electron chi connectivity index (χ3n) is 1.54. The summed E-state index contributed by atoms with van der Waals surface area (Å²) in [6, 6.07) is -0.339. The van der Waals surface area contributed by atoms with Crippen molar-refractivity contribution in [1.29, 1.82) is 0 Å². The van der Waals surface area contributed by atoms with E-state index in [1.165, 1.54) is 11.8 Å². The van der Waals surface area contributed by atoms with E-state index in [1.807, 2.05) is 41.5 Å². The summed E-state index contributed by atoms with van der Waals surface area (Å²) in [6.07, 6.45) is 1.51. The maximum Gasteiger partial charge on any atom is 0.279 e. The average molecular weight is 247 g/mol. The molecule has 0 aliphatic carbocycles. The molecule has 0 spiro atoms. The standard InChI is InChI=1S/C10H19NO2S.C2H6/c1-7(2)5-9(6-12)11-10(13)14-8(3)4;1-2/h6-9H,5H2,1-4H3,(H,11,13);1-2H3/t9-;/m0./s1. The number of amides is 1. The molecule has 0 aliphatic rings. The molecule has 0 unspecified atom stereocenters. The molecule has 0 aromatic carbocycles. The summed E-state index contributed by atoms with van der Waals surface area (Å²) < 4.78 is 0. The van der Waals surface area contributed by atoms with Crippen molar-refractivity contribution in [1.82, 2.24) is 5.32 Å². The molecule has 1 N–H and O–H groups in total. The van der Waals surface area contributed by atoms with Gasteiger partial charge in [-0.2, -0.15) is 0 Å². The van der Waals surface area contributed by atoms with Gasteiger partial charge in [-0.3, -0.25) is 4.79 Å². The van der Waals surface area contributed by atoms with E-state index in [2.05, 4.69) is 5.32 Å². The van der Waals surface area contributed by atoms with Gasteiger partial charge in [0.1, 0.15) is 6.29 Å². The quantitative estimate of drug-likeness (QED) is 0.757. The number of nitrogens with one attached hydrogen (secondary N) is 1. The predicted molar refractivity (Wildman–Crippen MR) is 71.9 cm³/mol. The molecule has 0 radical (unpaired) electrons. The summed E-state index contributed by atoms with van der Waals surface area (Å²) >= 11 is 1.22. The molecule has 0 rings (SSSR count). The Balaban J connectivity index is 0. The summed E-state index contributed by atoms with van der Waals surface area (Å²) in [5, 5.41) is 2.82. The molecule has 0 saturated carbocycles. The van der Waals surface area contributed by atoms with Crippen molar-refractivity contribution in [3.63, 3.8) is 0 Å². The second-order valence-corrected chi connectivity index (χ2v) is 5.52. The molecule has 16 heavy (non-hydrogen) atoms. The number of thioether (sulfide) groups is 1. The van der Waals surface area contributed by atoms with E-state index in [4.69, 9.17) is 0 Å². The van der Waals surface area contributed by atoms with Crippen LogP contribution < -0.4 is 5.32 Å². The summed E-state index contributed by atoms with van der Waals surface area (Å²) in [5.41, 5.74) is 0. The lowest BCUT2D eigenvalue weighted by molar-refractivity contribution is -0.109. The fourth-order valence-corrected chi connectivity index (χ4v) is 1.70. The van der Waals surface area contributed by atoms with Gasteiger partial charge in [-0.1, -0.05) is 53.3 Å². The largest absolute Gasteiger partial charge is 0.337 e. The van der Waals surface area contributed by atoms with Gasteiger partial charge in [0, 0.05) is 5.25 Å². The second kappa shape index (κ2) is 11.0. The van der Waals surface area contributed by atoms with Gasteiger partial charge < -0.3 is 10.1 Å². The van der Waals surface area contributed by atoms with Gasteiger partial charge in [-0.05, 0) is 12.3 Å². The van der Waals surface area contributed by atoms with E-state index in [-0.39, 0.29) is 16.5 Å². The highest BCUT2D eigenvalue weighted by Crippen LogP contribution is 2.11. The van der Waals surface area contributed by atoms with Crippen molar-refractivity contribution in [3.05, 3.63) is 0 Å². The monoisotopic (exact) mass is 247 g/mol. The number of aldehydes is 1. The fourth-order valence-electron chi connectivity index (χ4n) is 1.06. The molecule has 1 atom stereocenters. The van der Waals surface area contributed by atoms with Crippen LogP contribution in [0.25, 0.3) is 0 Å². The van der Waals surface area contributed by atoms with Gasteiger partial charge in [0.25, 0.3) is 5.24 Å². The van der Waals surface area contributed by atoms with Gasteiger partial charge >= 0.3 is 0 Å². The smallest absolute Gasteiger partial charge is 0.279 e. The molecule has 0 saturated heterocycles. The number of hydrogen-bond acceptors (Lipinski definition) is 3. The number of rotatable bonds is 5. The Bertz CT molecular complexity index is 193. The van der Waals surface area contributed by atoms with Crippen molar-refractivity contribution >= 4 is 23.3 Å². The molecule has 96 valence electrons. The normalized spacial score (nSPS) is 11.8. The van der Waals surface area contributed by atoms with Gasteiger partial charge in [-0.25, -0.2) is 0 Å². The molecule has 0 aromatic heterocycles. The predicted octanol–water partition coefficient (Wildman–Crippen LogP) is 3.48. The number of hydrogen-bond donors (Lipinski definition) is 1. The number of carbonyl (C=O) groups is 2. The van der Waals surface area contributed by atoms with Crippen molar-refractivity contribution < 1.29 is 9.59 Å². The first-order valence-electron chi connectivity index (χ1n) is 5.88. The van der Waals surface area contributed by atoms with Crippen LogP contribution in [0.15, 0.2) is 0 Å². The summed E-state index contributed by atoms with van der Waals surface area (Å²) in [6.45, 7) is 11.9. The topological polar surface area (TPSA) is 46.2 Å². The number of carbonyl (C=O) groups excluding carboxylic acids is 2. The van der Waals surface area contributed by atoms with Crippen LogP contribution in [0.4, 0.5) is 4.79 Å². The Morgan fingerprint density at radius 3 is 2.06 bits per heavy atom. The van der Waals surface area contributed by atoms with Gasteiger partial charge in [-0.15, -0.1) is 0 Å². The Hall–Kier alpha value is -0.510. The third kappa shape index (κ3) is 11.6. The molecule has 1 amide bonds. The summed E-state index contributed by atoms with van der Waals surface area (Å²) in [4.78, 5) is 21.9. The van der Waals surface area contributed by atoms with E-state index in [9.17, 15) is 9.59 Å². The minimum Gasteiger partial charge on any atom is -0.337 e. The highest BCUT2D eigenvalue weighted by Gasteiger charge is 2.13. The lowest BCUT2D eigenvalue weighted by atomic mass is 10.1. The SMILES string of the molecule is CC.CC(C)C[C@@H](C=O)NC(=O)SC(C)C. The highest BCUT2D eigenvalue weighted by atomic mass is 32.2. The molecule has 3 nitrogen and oxygen atoms in total. The van der Waals surface area contributed by atoms with Gasteiger partial charge in [0.15, 0.2) is 0 Å². The van der Waals surface area contributed by atoms with Gasteiger partial charge in [0.2, 0.25) is 0 Å². The van der Waals surface area contributed by atoms with Crippen LogP contribution in [0.2, 0.25) is 0 Å². The first-order valence-corrected chi connectivity index (χ1v) is 6.76. The van der Waals surface area contributed by atoms with E-state index in [1.54, 1.807) is 0 Å². The zero-order valence-electron chi connectivity index (χ0n) is 11.2. The molecule has 0 aromatic rings. The Morgan fingerprint density at radius 1 is 1.25 bits per heavy atom. The van der Waals surface area contributed by atoms with Crippen LogP contribution >= 0.6 is 11.8 Å². The van der Waals surface area contributed by atoms with Crippen LogP contribution in [0, 0.1) is 5.92 Å². The summed E-state index contributed by atoms with van der Waals surface area (Å²) in [5.74, 6) is 0.412. The van der Waals surface area contributed by atoms with E-state index in [0.717, 1.165) is 6.29 Å². The summed E-state index contributed by atoms with van der Waals surface area (Å²) in [7, 11) is 0. The van der Waals surface area contributed by atoms with Crippen molar-refractivity contribution in [2.75, 3.05) is 0 Å². The maximum absolute atomic E-state index is 11.3. The van der Waals surface area contributed by atoms with Crippen LogP contribution in [0.1, 0.15) is 48.0 Å². The van der Waals surface area contributed by atoms with Crippen molar-refractivity contribution in [2.45, 2.75) is 59.3 Å². The van der Waals surface area contributed by atoms with Gasteiger partial charge in [0.05, 0.1) is 6.04 Å². The van der Waals surface area contributed by atoms with Crippen LogP contribution in [-0.4, -0.2) is 22.8 Å². The lowest BCUT2D eigenvalue weighted by Crippen LogP contribution is -2.35. The zero-order chi connectivity index (χ0) is 13.1. The average Bonchev–Trinajstić information content (AvgIpc) is 2.17. The third-order valence-corrected chi connectivity index (χ3v) is 2.34. The zero-order valence-corrected chi connectivity index (χ0v) is 12.1. The lowest BCUT2D eigenvalue weighted by Gasteiger charge is -2.14. The highest BCUT2D eigenvalue weighted by molar-refractivity contribution is 8.14. The van der Waals surface area contributed by atoms with Crippen LogP contribution in [-0.2, 0) is 4.79 Å². The first kappa shape index (κ1) is 17.9. The minimum atomic E-state index is -0.339. The van der Waals surface area contributed by atoms with Crippen LogP contribution in [0.3, 0.4) is 0 Å². The van der Waals surface area contributed by atoms with Crippen LogP contribution in [0.5, 0.6) is 0 Å². The first-order chi connectivity index (χ1) is 7.45. The second-order valence-electron chi connectivity index (χ2n) is 3.97. The molecule has 0 aliphatic heterocycles. The molecule has 0 heterocycles. The van der Waals surface area contributed by atoms with Crippen molar-refractivity contribution in [3.8, 4) is 0 Å². The molecular weight excluding hydrogens is 222 g/mol. The van der Waals surface area contributed by atoms with E-state index < -0.39 is 0 Å². The Morgan fingerprint density at radius 2 is 1.75 bits per heavy atom. The molecule has 0 bridgehead atoms. The molecule has 0 fully saturated rings. The van der Waals surface area contributed by atoms with E-state index >= 15 is 0 Å². The maximum atomic E-state index is 11.3. The fraction of sp³-hybridized carbons (Fsp3) is 0.833. The Labute approximate surface area is 104 Å². The minimum absolute atomic E-state index is 0.113. The van der Waals surface area contributed by atoms with Crippen molar-refractivity contribution in [2.24, 2.45) is 5.92 Å².